The number of Topliss-reactive ketones (excluding diaryl/α,β-unsaturated/α-hetero) is 1. The third-order valence-corrected chi connectivity index (χ3v) is 6.37. The first kappa shape index (κ1) is 25.1. The van der Waals surface area contributed by atoms with Gasteiger partial charge in [-0.3, -0.25) is 9.59 Å². The molecule has 0 heterocycles. The second kappa shape index (κ2) is 10.9. The highest BCUT2D eigenvalue weighted by Gasteiger charge is 2.51. The number of benzene rings is 1. The van der Waals surface area contributed by atoms with Crippen molar-refractivity contribution in [3.63, 3.8) is 0 Å². The van der Waals surface area contributed by atoms with E-state index in [9.17, 15) is 9.59 Å². The van der Waals surface area contributed by atoms with Crippen molar-refractivity contribution in [3.05, 3.63) is 53.6 Å². The number of allylic oxidation sites excluding steroid dienone is 4. The van der Waals surface area contributed by atoms with E-state index in [1.54, 1.807) is 13.2 Å². The number of carbonyl (C=O) groups is 2. The zero-order valence-electron chi connectivity index (χ0n) is 20.1. The van der Waals surface area contributed by atoms with Gasteiger partial charge >= 0.3 is 0 Å². The van der Waals surface area contributed by atoms with Crippen molar-refractivity contribution >= 4 is 11.6 Å². The smallest absolute Gasteiger partial charge is 0.169 e. The lowest BCUT2D eigenvalue weighted by atomic mass is 9.59. The van der Waals surface area contributed by atoms with Crippen LogP contribution >= 0.6 is 0 Å². The molecule has 2 rings (SSSR count). The minimum Gasteiger partial charge on any atom is -0.497 e. The largest absolute Gasteiger partial charge is 0.497 e. The van der Waals surface area contributed by atoms with Crippen molar-refractivity contribution in [2.24, 2.45) is 29.1 Å². The van der Waals surface area contributed by atoms with Crippen molar-refractivity contribution in [1.82, 2.24) is 0 Å². The molecule has 0 unspecified atom stereocenters. The summed E-state index contributed by atoms with van der Waals surface area (Å²) in [5.74, 6) is 0.831. The van der Waals surface area contributed by atoms with E-state index in [1.807, 2.05) is 44.2 Å². The van der Waals surface area contributed by atoms with Crippen LogP contribution in [0.4, 0.5) is 0 Å². The maximum atomic E-state index is 13.6. The molecule has 4 heteroatoms. The van der Waals surface area contributed by atoms with E-state index in [0.29, 0.717) is 12.5 Å². The maximum Gasteiger partial charge on any atom is 0.169 e. The van der Waals surface area contributed by atoms with E-state index in [4.69, 9.17) is 9.47 Å². The van der Waals surface area contributed by atoms with Gasteiger partial charge in [-0.25, -0.2) is 0 Å². The highest BCUT2D eigenvalue weighted by Crippen LogP contribution is 2.45. The molecule has 31 heavy (non-hydrogen) atoms. The summed E-state index contributed by atoms with van der Waals surface area (Å²) in [7, 11) is 1.63. The zero-order chi connectivity index (χ0) is 23.2. The number of carbonyl (C=O) groups excluding carboxylic acids is 2. The predicted molar refractivity (Wildman–Crippen MR) is 125 cm³/mol. The Bertz CT molecular complexity index is 818. The molecule has 4 atom stereocenters. The molecule has 1 aliphatic rings. The van der Waals surface area contributed by atoms with E-state index < -0.39 is 5.41 Å². The molecule has 0 saturated heterocycles. The number of ketones is 2. The lowest BCUT2D eigenvalue weighted by Gasteiger charge is -2.42. The molecule has 0 aromatic heterocycles. The van der Waals surface area contributed by atoms with E-state index in [-0.39, 0.29) is 35.9 Å². The van der Waals surface area contributed by atoms with Gasteiger partial charge in [0.05, 0.1) is 25.7 Å². The first-order valence-electron chi connectivity index (χ1n) is 11.3. The molecule has 0 fully saturated rings. The minimum atomic E-state index is -1.06. The van der Waals surface area contributed by atoms with Crippen LogP contribution in [0.25, 0.3) is 0 Å². The molecule has 1 aromatic rings. The van der Waals surface area contributed by atoms with Gasteiger partial charge in [-0.2, -0.15) is 0 Å². The Morgan fingerprint density at radius 2 is 1.84 bits per heavy atom. The van der Waals surface area contributed by atoms with Crippen molar-refractivity contribution in [3.8, 4) is 5.75 Å². The van der Waals surface area contributed by atoms with Crippen molar-refractivity contribution in [2.45, 2.75) is 54.6 Å². The summed E-state index contributed by atoms with van der Waals surface area (Å²) in [5, 5.41) is 0. The topological polar surface area (TPSA) is 52.6 Å². The molecule has 0 aliphatic heterocycles. The molecule has 0 amide bonds. The van der Waals surface area contributed by atoms with E-state index >= 15 is 0 Å². The van der Waals surface area contributed by atoms with Crippen LogP contribution in [0.5, 0.6) is 5.75 Å². The van der Waals surface area contributed by atoms with Gasteiger partial charge in [0.2, 0.25) is 0 Å². The van der Waals surface area contributed by atoms with Gasteiger partial charge in [0.1, 0.15) is 5.75 Å². The molecule has 0 radical (unpaired) electrons. The van der Waals surface area contributed by atoms with Gasteiger partial charge in [0, 0.05) is 11.8 Å². The second-order valence-electron chi connectivity index (χ2n) is 9.47. The van der Waals surface area contributed by atoms with Gasteiger partial charge in [-0.05, 0) is 55.9 Å². The molecule has 4 nitrogen and oxygen atoms in total. The third kappa shape index (κ3) is 5.94. The summed E-state index contributed by atoms with van der Waals surface area (Å²) in [6, 6.07) is 7.67. The van der Waals surface area contributed by atoms with Crippen LogP contribution in [-0.4, -0.2) is 25.3 Å². The monoisotopic (exact) mass is 426 g/mol. The summed E-state index contributed by atoms with van der Waals surface area (Å²) in [4.78, 5) is 26.6. The highest BCUT2D eigenvalue weighted by atomic mass is 16.5. The molecule has 1 aliphatic carbocycles. The quantitative estimate of drug-likeness (QED) is 0.350. The summed E-state index contributed by atoms with van der Waals surface area (Å²) in [6.45, 7) is 12.9. The van der Waals surface area contributed by atoms with E-state index in [0.717, 1.165) is 23.3 Å². The standard InChI is InChI=1S/C27H38O4/c1-18(2)8-9-19(3)25-20(4)10-15-24(28)27(25,6)26(29)21(5)16-31-17-22-11-13-23(30-7)14-12-22/h9-15,18,20-21,25H,8,16-17H2,1-7H3/b19-9+/t20-,21+,25-,27+/m1/s1. The summed E-state index contributed by atoms with van der Waals surface area (Å²) >= 11 is 0. The number of ether oxygens (including phenoxy) is 2. The number of methoxy groups -OCH3 is 1. The minimum absolute atomic E-state index is 0.0364. The fourth-order valence-electron chi connectivity index (χ4n) is 4.56. The Hall–Kier alpha value is -2.20. The lowest BCUT2D eigenvalue weighted by Crippen LogP contribution is -2.50. The Labute approximate surface area is 187 Å². The maximum absolute atomic E-state index is 13.6. The van der Waals surface area contributed by atoms with Crippen LogP contribution in [-0.2, 0) is 20.9 Å². The highest BCUT2D eigenvalue weighted by molar-refractivity contribution is 6.13. The first-order valence-corrected chi connectivity index (χ1v) is 11.3. The SMILES string of the molecule is COc1ccc(COC[C@H](C)C(=O)[C@@]2(C)C(=O)C=C[C@@H](C)[C@H]2/C(C)=C/CC(C)C)cc1. The van der Waals surface area contributed by atoms with Crippen LogP contribution in [0.2, 0.25) is 0 Å². The fraction of sp³-hybridized carbons (Fsp3) is 0.556. The van der Waals surface area contributed by atoms with Crippen molar-refractivity contribution in [2.75, 3.05) is 13.7 Å². The molecule has 0 spiro atoms. The fourth-order valence-corrected chi connectivity index (χ4v) is 4.56. The van der Waals surface area contributed by atoms with Gasteiger partial charge < -0.3 is 9.47 Å². The molecular formula is C27H38O4. The van der Waals surface area contributed by atoms with Crippen molar-refractivity contribution in [1.29, 1.82) is 0 Å². The predicted octanol–water partition coefficient (Wildman–Crippen LogP) is 5.81. The van der Waals surface area contributed by atoms with Crippen molar-refractivity contribution < 1.29 is 19.1 Å². The number of hydrogen-bond donors (Lipinski definition) is 0. The second-order valence-corrected chi connectivity index (χ2v) is 9.47. The molecule has 170 valence electrons. The van der Waals surface area contributed by atoms with Gasteiger partial charge in [0.15, 0.2) is 11.6 Å². The Morgan fingerprint density at radius 3 is 2.42 bits per heavy atom. The zero-order valence-corrected chi connectivity index (χ0v) is 20.1. The molecule has 1 aromatic carbocycles. The summed E-state index contributed by atoms with van der Waals surface area (Å²) in [6.07, 6.45) is 6.69. The van der Waals surface area contributed by atoms with Crippen LogP contribution in [0, 0.1) is 29.1 Å². The third-order valence-electron chi connectivity index (χ3n) is 6.37. The summed E-state index contributed by atoms with van der Waals surface area (Å²) < 4.78 is 11.0. The van der Waals surface area contributed by atoms with Crippen LogP contribution in [0.1, 0.15) is 53.5 Å². The first-order chi connectivity index (χ1) is 14.6. The van der Waals surface area contributed by atoms with E-state index in [2.05, 4.69) is 33.8 Å². The molecule has 0 N–H and O–H groups in total. The Balaban J connectivity index is 2.13. The average Bonchev–Trinajstić information content (AvgIpc) is 2.74. The Morgan fingerprint density at radius 1 is 1.19 bits per heavy atom. The lowest BCUT2D eigenvalue weighted by molar-refractivity contribution is -0.145. The normalized spacial score (nSPS) is 25.0. The molecular weight excluding hydrogens is 388 g/mol. The van der Waals surface area contributed by atoms with Gasteiger partial charge in [-0.1, -0.05) is 57.6 Å². The van der Waals surface area contributed by atoms with Crippen LogP contribution in [0.15, 0.2) is 48.1 Å². The molecule has 0 bridgehead atoms. The average molecular weight is 427 g/mol. The summed E-state index contributed by atoms with van der Waals surface area (Å²) in [5.41, 5.74) is 1.08. The van der Waals surface area contributed by atoms with Gasteiger partial charge in [-0.15, -0.1) is 0 Å². The van der Waals surface area contributed by atoms with Crippen LogP contribution in [0.3, 0.4) is 0 Å². The number of hydrogen-bond acceptors (Lipinski definition) is 4. The molecule has 0 saturated carbocycles. The van der Waals surface area contributed by atoms with E-state index in [1.165, 1.54) is 0 Å². The number of rotatable bonds is 10. The van der Waals surface area contributed by atoms with Crippen LogP contribution < -0.4 is 4.74 Å². The van der Waals surface area contributed by atoms with Gasteiger partial charge in [0.25, 0.3) is 0 Å². The Kier molecular flexibility index (Phi) is 8.81.